The van der Waals surface area contributed by atoms with Crippen LogP contribution in [0, 0.1) is 17.8 Å². The SMILES string of the molecule is CN(CCNC(=O)C1C2CCC(C2)C1N)c1ccccc1.Cl.Cl. The smallest absolute Gasteiger partial charge is 0.225 e. The molecule has 2 fully saturated rings. The van der Waals surface area contributed by atoms with Gasteiger partial charge in [-0.3, -0.25) is 4.79 Å². The van der Waals surface area contributed by atoms with Gasteiger partial charge in [-0.1, -0.05) is 18.2 Å². The third kappa shape index (κ3) is 4.31. The summed E-state index contributed by atoms with van der Waals surface area (Å²) in [5.41, 5.74) is 7.39. The van der Waals surface area contributed by atoms with Gasteiger partial charge in [0.2, 0.25) is 5.91 Å². The summed E-state index contributed by atoms with van der Waals surface area (Å²) in [5, 5.41) is 3.08. The number of hydrogen-bond acceptors (Lipinski definition) is 3. The number of hydrogen-bond donors (Lipinski definition) is 2. The fraction of sp³-hybridized carbons (Fsp3) is 0.588. The van der Waals surface area contributed by atoms with Crippen LogP contribution in [0.25, 0.3) is 0 Å². The number of carbonyl (C=O) groups excluding carboxylic acids is 1. The van der Waals surface area contributed by atoms with Crippen LogP contribution in [0.15, 0.2) is 30.3 Å². The molecule has 0 radical (unpaired) electrons. The van der Waals surface area contributed by atoms with Crippen molar-refractivity contribution in [2.45, 2.75) is 25.3 Å². The molecule has 2 aliphatic rings. The summed E-state index contributed by atoms with van der Waals surface area (Å²) in [4.78, 5) is 14.5. The van der Waals surface area contributed by atoms with E-state index < -0.39 is 0 Å². The van der Waals surface area contributed by atoms with Crippen LogP contribution in [-0.4, -0.2) is 32.1 Å². The maximum absolute atomic E-state index is 12.4. The summed E-state index contributed by atoms with van der Waals surface area (Å²) in [6, 6.07) is 10.3. The largest absolute Gasteiger partial charge is 0.373 e. The minimum Gasteiger partial charge on any atom is -0.373 e. The maximum atomic E-state index is 12.4. The van der Waals surface area contributed by atoms with Crippen molar-refractivity contribution in [2.24, 2.45) is 23.5 Å². The molecule has 3 N–H and O–H groups in total. The van der Waals surface area contributed by atoms with Crippen LogP contribution in [0.1, 0.15) is 19.3 Å². The lowest BCUT2D eigenvalue weighted by atomic mass is 9.84. The molecule has 1 aromatic carbocycles. The van der Waals surface area contributed by atoms with Crippen molar-refractivity contribution in [3.8, 4) is 0 Å². The number of fused-ring (bicyclic) bond motifs is 2. The van der Waals surface area contributed by atoms with Gasteiger partial charge in [0.25, 0.3) is 0 Å². The molecular weight excluding hydrogens is 333 g/mol. The number of amides is 1. The molecule has 0 heterocycles. The molecule has 1 amide bonds. The van der Waals surface area contributed by atoms with Gasteiger partial charge < -0.3 is 16.0 Å². The molecule has 6 heteroatoms. The standard InChI is InChI=1S/C17H25N3O.2ClH/c1-20(14-5-3-2-4-6-14)10-9-19-17(21)15-12-7-8-13(11-12)16(15)18;;/h2-6,12-13,15-16H,7-11,18H2,1H3,(H,19,21);2*1H. The van der Waals surface area contributed by atoms with Gasteiger partial charge in [0.05, 0.1) is 5.92 Å². The topological polar surface area (TPSA) is 58.4 Å². The van der Waals surface area contributed by atoms with Crippen LogP contribution >= 0.6 is 24.8 Å². The number of carbonyl (C=O) groups is 1. The predicted molar refractivity (Wildman–Crippen MR) is 99.5 cm³/mol. The van der Waals surface area contributed by atoms with E-state index in [1.54, 1.807) is 0 Å². The zero-order valence-electron chi connectivity index (χ0n) is 13.5. The summed E-state index contributed by atoms with van der Waals surface area (Å²) < 4.78 is 0. The summed E-state index contributed by atoms with van der Waals surface area (Å²) in [6.45, 7) is 1.48. The molecule has 4 atom stereocenters. The minimum atomic E-state index is 0. The Hall–Kier alpha value is -0.970. The van der Waals surface area contributed by atoms with E-state index in [4.69, 9.17) is 5.73 Å². The van der Waals surface area contributed by atoms with E-state index in [9.17, 15) is 4.79 Å². The lowest BCUT2D eigenvalue weighted by molar-refractivity contribution is -0.126. The molecule has 0 aliphatic heterocycles. The molecule has 0 spiro atoms. The number of benzene rings is 1. The zero-order chi connectivity index (χ0) is 14.8. The summed E-state index contributed by atoms with van der Waals surface area (Å²) >= 11 is 0. The van der Waals surface area contributed by atoms with Crippen LogP contribution in [0.5, 0.6) is 0 Å². The van der Waals surface area contributed by atoms with E-state index in [0.29, 0.717) is 18.4 Å². The number of nitrogens with two attached hydrogens (primary N) is 1. The monoisotopic (exact) mass is 359 g/mol. The molecule has 4 nitrogen and oxygen atoms in total. The summed E-state index contributed by atoms with van der Waals surface area (Å²) in [7, 11) is 2.05. The number of nitrogens with zero attached hydrogens (tertiary/aromatic N) is 1. The second-order valence-corrected chi connectivity index (χ2v) is 6.48. The normalized spacial score (nSPS) is 27.7. The first-order chi connectivity index (χ1) is 10.2. The van der Waals surface area contributed by atoms with E-state index in [2.05, 4.69) is 22.3 Å². The molecule has 4 unspecified atom stereocenters. The molecule has 0 saturated heterocycles. The number of rotatable bonds is 5. The van der Waals surface area contributed by atoms with E-state index >= 15 is 0 Å². The second kappa shape index (κ2) is 8.76. The highest BCUT2D eigenvalue weighted by Crippen LogP contribution is 2.47. The van der Waals surface area contributed by atoms with Gasteiger partial charge in [-0.25, -0.2) is 0 Å². The molecule has 0 aromatic heterocycles. The highest BCUT2D eigenvalue weighted by molar-refractivity contribution is 5.85. The van der Waals surface area contributed by atoms with Crippen molar-refractivity contribution in [3.05, 3.63) is 30.3 Å². The Bertz CT molecular complexity index is 498. The van der Waals surface area contributed by atoms with Gasteiger partial charge in [0.15, 0.2) is 0 Å². The van der Waals surface area contributed by atoms with Gasteiger partial charge in [-0.15, -0.1) is 24.8 Å². The minimum absolute atomic E-state index is 0. The molecule has 130 valence electrons. The van der Waals surface area contributed by atoms with Crippen molar-refractivity contribution in [3.63, 3.8) is 0 Å². The molecule has 2 aliphatic carbocycles. The Kier molecular flexibility index (Phi) is 7.65. The first kappa shape index (κ1) is 20.1. The fourth-order valence-electron chi connectivity index (χ4n) is 4.00. The Morgan fingerprint density at radius 3 is 2.48 bits per heavy atom. The average Bonchev–Trinajstić information content (AvgIpc) is 3.08. The van der Waals surface area contributed by atoms with Crippen molar-refractivity contribution < 1.29 is 4.79 Å². The predicted octanol–water partition coefficient (Wildman–Crippen LogP) is 2.46. The van der Waals surface area contributed by atoms with E-state index in [0.717, 1.165) is 13.0 Å². The molecule has 23 heavy (non-hydrogen) atoms. The lowest BCUT2D eigenvalue weighted by Gasteiger charge is -2.27. The summed E-state index contributed by atoms with van der Waals surface area (Å²) in [5.74, 6) is 1.32. The third-order valence-corrected chi connectivity index (χ3v) is 5.23. The van der Waals surface area contributed by atoms with Gasteiger partial charge in [0, 0.05) is 31.9 Å². The van der Waals surface area contributed by atoms with Crippen LogP contribution in [-0.2, 0) is 4.79 Å². The van der Waals surface area contributed by atoms with Gasteiger partial charge in [0.1, 0.15) is 0 Å². The van der Waals surface area contributed by atoms with Crippen LogP contribution < -0.4 is 16.0 Å². The maximum Gasteiger partial charge on any atom is 0.225 e. The number of likely N-dealkylation sites (N-methyl/N-ethyl adjacent to an activating group) is 1. The number of nitrogens with one attached hydrogen (secondary N) is 1. The average molecular weight is 360 g/mol. The Morgan fingerprint density at radius 2 is 1.87 bits per heavy atom. The Labute approximate surface area is 151 Å². The molecular formula is C17H27Cl2N3O. The molecule has 2 bridgehead atoms. The van der Waals surface area contributed by atoms with Crippen LogP contribution in [0.2, 0.25) is 0 Å². The second-order valence-electron chi connectivity index (χ2n) is 6.48. The van der Waals surface area contributed by atoms with Gasteiger partial charge in [-0.05, 0) is 43.2 Å². The Balaban J connectivity index is 0.00000132. The molecule has 3 rings (SSSR count). The lowest BCUT2D eigenvalue weighted by Crippen LogP contribution is -2.46. The number of para-hydroxylation sites is 1. The molecule has 2 saturated carbocycles. The highest BCUT2D eigenvalue weighted by atomic mass is 35.5. The number of anilines is 1. The highest BCUT2D eigenvalue weighted by Gasteiger charge is 2.48. The number of halogens is 2. The van der Waals surface area contributed by atoms with Crippen molar-refractivity contribution in [1.29, 1.82) is 0 Å². The van der Waals surface area contributed by atoms with Crippen molar-refractivity contribution in [2.75, 3.05) is 25.0 Å². The third-order valence-electron chi connectivity index (χ3n) is 5.23. The van der Waals surface area contributed by atoms with E-state index in [-0.39, 0.29) is 42.7 Å². The van der Waals surface area contributed by atoms with E-state index in [1.807, 2.05) is 25.2 Å². The fourth-order valence-corrected chi connectivity index (χ4v) is 4.00. The van der Waals surface area contributed by atoms with Crippen molar-refractivity contribution in [1.82, 2.24) is 5.32 Å². The first-order valence-corrected chi connectivity index (χ1v) is 7.96. The molecule has 1 aromatic rings. The zero-order valence-corrected chi connectivity index (χ0v) is 15.1. The first-order valence-electron chi connectivity index (χ1n) is 7.96. The summed E-state index contributed by atoms with van der Waals surface area (Å²) in [6.07, 6.45) is 3.55. The van der Waals surface area contributed by atoms with E-state index in [1.165, 1.54) is 18.5 Å². The van der Waals surface area contributed by atoms with Crippen LogP contribution in [0.3, 0.4) is 0 Å². The Morgan fingerprint density at radius 1 is 1.22 bits per heavy atom. The quantitative estimate of drug-likeness (QED) is 0.848. The van der Waals surface area contributed by atoms with Gasteiger partial charge >= 0.3 is 0 Å². The van der Waals surface area contributed by atoms with Crippen molar-refractivity contribution >= 4 is 36.4 Å². The van der Waals surface area contributed by atoms with Crippen LogP contribution in [0.4, 0.5) is 5.69 Å². The van der Waals surface area contributed by atoms with Gasteiger partial charge in [-0.2, -0.15) is 0 Å².